The third-order valence-corrected chi connectivity index (χ3v) is 2.18. The van der Waals surface area contributed by atoms with E-state index in [1.54, 1.807) is 6.07 Å². The fourth-order valence-corrected chi connectivity index (χ4v) is 1.38. The molecule has 2 aromatic heterocycles. The van der Waals surface area contributed by atoms with Gasteiger partial charge in [0.2, 0.25) is 5.95 Å². The Labute approximate surface area is 85.3 Å². The number of hydrogen-bond acceptors (Lipinski definition) is 3. The van der Waals surface area contributed by atoms with Crippen LogP contribution in [-0.2, 0) is 4.74 Å². The van der Waals surface area contributed by atoms with Crippen molar-refractivity contribution >= 4 is 11.5 Å². The van der Waals surface area contributed by atoms with Gasteiger partial charge in [-0.25, -0.2) is 9.31 Å². The standard InChI is InChI=1S/C10H9FN2O2/c1-6-3-4-9(11)13-8(6)5-7(12-13)10(14)15-2/h3-5H,1-2H3. The molecule has 15 heavy (non-hydrogen) atoms. The molecule has 0 N–H and O–H groups in total. The number of aryl methyl sites for hydroxylation is 1. The predicted octanol–water partition coefficient (Wildman–Crippen LogP) is 1.57. The Morgan fingerprint density at radius 1 is 1.53 bits per heavy atom. The summed E-state index contributed by atoms with van der Waals surface area (Å²) in [5.41, 5.74) is 1.51. The minimum Gasteiger partial charge on any atom is -0.464 e. The van der Waals surface area contributed by atoms with E-state index in [1.807, 2.05) is 6.92 Å². The number of methoxy groups -OCH3 is 1. The molecule has 0 saturated carbocycles. The summed E-state index contributed by atoms with van der Waals surface area (Å²) in [6.45, 7) is 1.82. The van der Waals surface area contributed by atoms with Gasteiger partial charge in [0.1, 0.15) is 0 Å². The molecule has 78 valence electrons. The molecule has 4 nitrogen and oxygen atoms in total. The first kappa shape index (κ1) is 9.64. The van der Waals surface area contributed by atoms with Gasteiger partial charge >= 0.3 is 5.97 Å². The van der Waals surface area contributed by atoms with E-state index >= 15 is 0 Å². The lowest BCUT2D eigenvalue weighted by molar-refractivity contribution is 0.0593. The number of carbonyl (C=O) groups excluding carboxylic acids is 1. The summed E-state index contributed by atoms with van der Waals surface area (Å²) >= 11 is 0. The summed E-state index contributed by atoms with van der Waals surface area (Å²) < 4.78 is 18.9. The second-order valence-electron chi connectivity index (χ2n) is 3.16. The maximum atomic E-state index is 13.3. The fraction of sp³-hybridized carbons (Fsp3) is 0.200. The van der Waals surface area contributed by atoms with Crippen molar-refractivity contribution in [1.82, 2.24) is 9.61 Å². The average Bonchev–Trinajstić information content (AvgIpc) is 2.68. The summed E-state index contributed by atoms with van der Waals surface area (Å²) in [6, 6.07) is 4.44. The number of ether oxygens (including phenoxy) is 1. The van der Waals surface area contributed by atoms with Gasteiger partial charge in [0.05, 0.1) is 12.6 Å². The van der Waals surface area contributed by atoms with Crippen molar-refractivity contribution in [3.8, 4) is 0 Å². The SMILES string of the molecule is COC(=O)c1cc2c(C)ccc(F)n2n1. The van der Waals surface area contributed by atoms with Crippen molar-refractivity contribution in [3.63, 3.8) is 0 Å². The predicted molar refractivity (Wildman–Crippen MR) is 51.2 cm³/mol. The van der Waals surface area contributed by atoms with E-state index in [-0.39, 0.29) is 5.69 Å². The Balaban J connectivity index is 2.70. The van der Waals surface area contributed by atoms with E-state index in [1.165, 1.54) is 19.2 Å². The summed E-state index contributed by atoms with van der Waals surface area (Å²) in [5.74, 6) is -1.08. The third kappa shape index (κ3) is 1.45. The van der Waals surface area contributed by atoms with Gasteiger partial charge < -0.3 is 4.74 Å². The molecule has 2 heterocycles. The highest BCUT2D eigenvalue weighted by Crippen LogP contribution is 2.14. The van der Waals surface area contributed by atoms with Gasteiger partial charge in [0.25, 0.3) is 0 Å². The van der Waals surface area contributed by atoms with Gasteiger partial charge in [-0.15, -0.1) is 0 Å². The zero-order chi connectivity index (χ0) is 11.0. The molecule has 0 fully saturated rings. The number of nitrogens with zero attached hydrogens (tertiary/aromatic N) is 2. The van der Waals surface area contributed by atoms with Crippen LogP contribution in [0, 0.1) is 12.9 Å². The highest BCUT2D eigenvalue weighted by atomic mass is 19.1. The van der Waals surface area contributed by atoms with Gasteiger partial charge in [-0.05, 0) is 24.6 Å². The maximum Gasteiger partial charge on any atom is 0.358 e. The van der Waals surface area contributed by atoms with Crippen LogP contribution < -0.4 is 0 Å². The van der Waals surface area contributed by atoms with Crippen molar-refractivity contribution in [2.24, 2.45) is 0 Å². The average molecular weight is 208 g/mol. The van der Waals surface area contributed by atoms with E-state index in [2.05, 4.69) is 9.84 Å². The first-order valence-corrected chi connectivity index (χ1v) is 4.36. The zero-order valence-corrected chi connectivity index (χ0v) is 8.32. The topological polar surface area (TPSA) is 43.6 Å². The molecule has 2 rings (SSSR count). The van der Waals surface area contributed by atoms with Gasteiger partial charge in [-0.2, -0.15) is 9.49 Å². The molecule has 0 aliphatic heterocycles. The van der Waals surface area contributed by atoms with E-state index in [4.69, 9.17) is 0 Å². The number of aromatic nitrogens is 2. The van der Waals surface area contributed by atoms with Crippen LogP contribution in [-0.4, -0.2) is 22.7 Å². The number of pyridine rings is 1. The molecule has 5 heteroatoms. The lowest BCUT2D eigenvalue weighted by atomic mass is 10.2. The molecular weight excluding hydrogens is 199 g/mol. The molecule has 0 atom stereocenters. The van der Waals surface area contributed by atoms with Gasteiger partial charge in [-0.1, -0.05) is 6.07 Å². The number of rotatable bonds is 1. The number of halogens is 1. The van der Waals surface area contributed by atoms with Gasteiger partial charge in [0, 0.05) is 0 Å². The first-order chi connectivity index (χ1) is 7.13. The molecular formula is C10H9FN2O2. The normalized spacial score (nSPS) is 10.6. The van der Waals surface area contributed by atoms with Crippen LogP contribution in [0.15, 0.2) is 18.2 Å². The number of fused-ring (bicyclic) bond motifs is 1. The third-order valence-electron chi connectivity index (χ3n) is 2.18. The molecule has 0 amide bonds. The second-order valence-corrected chi connectivity index (χ2v) is 3.16. The Kier molecular flexibility index (Phi) is 2.15. The van der Waals surface area contributed by atoms with E-state index in [0.717, 1.165) is 10.1 Å². The molecule has 2 aromatic rings. The quantitative estimate of drug-likeness (QED) is 0.527. The Bertz CT molecular complexity index is 494. The maximum absolute atomic E-state index is 13.3. The van der Waals surface area contributed by atoms with Crippen LogP contribution >= 0.6 is 0 Å². The molecule has 0 aliphatic carbocycles. The van der Waals surface area contributed by atoms with E-state index in [9.17, 15) is 9.18 Å². The van der Waals surface area contributed by atoms with Gasteiger partial charge in [-0.3, -0.25) is 0 Å². The largest absolute Gasteiger partial charge is 0.464 e. The first-order valence-electron chi connectivity index (χ1n) is 4.36. The highest BCUT2D eigenvalue weighted by molar-refractivity contribution is 5.88. The van der Waals surface area contributed by atoms with Crippen molar-refractivity contribution in [2.45, 2.75) is 6.92 Å². The van der Waals surface area contributed by atoms with Crippen LogP contribution in [0.3, 0.4) is 0 Å². The number of carbonyl (C=O) groups is 1. The monoisotopic (exact) mass is 208 g/mol. The Morgan fingerprint density at radius 3 is 2.87 bits per heavy atom. The molecule has 0 saturated heterocycles. The summed E-state index contributed by atoms with van der Waals surface area (Å²) in [5, 5.41) is 3.81. The number of esters is 1. The van der Waals surface area contributed by atoms with Crippen LogP contribution in [0.4, 0.5) is 4.39 Å². The van der Waals surface area contributed by atoms with Crippen molar-refractivity contribution in [3.05, 3.63) is 35.4 Å². The second kappa shape index (κ2) is 3.34. The Hall–Kier alpha value is -1.91. The zero-order valence-electron chi connectivity index (χ0n) is 8.32. The number of hydrogen-bond donors (Lipinski definition) is 0. The highest BCUT2D eigenvalue weighted by Gasteiger charge is 2.13. The van der Waals surface area contributed by atoms with Crippen molar-refractivity contribution in [1.29, 1.82) is 0 Å². The summed E-state index contributed by atoms with van der Waals surface area (Å²) in [4.78, 5) is 11.2. The van der Waals surface area contributed by atoms with Crippen LogP contribution in [0.25, 0.3) is 5.52 Å². The van der Waals surface area contributed by atoms with Crippen molar-refractivity contribution < 1.29 is 13.9 Å². The summed E-state index contributed by atoms with van der Waals surface area (Å²) in [6.07, 6.45) is 0. The van der Waals surface area contributed by atoms with Crippen molar-refractivity contribution in [2.75, 3.05) is 7.11 Å². The van der Waals surface area contributed by atoms with Crippen LogP contribution in [0.1, 0.15) is 16.1 Å². The van der Waals surface area contributed by atoms with Crippen LogP contribution in [0.2, 0.25) is 0 Å². The molecule has 0 bridgehead atoms. The van der Waals surface area contributed by atoms with Crippen LogP contribution in [0.5, 0.6) is 0 Å². The smallest absolute Gasteiger partial charge is 0.358 e. The molecule has 0 unspecified atom stereocenters. The molecule has 0 radical (unpaired) electrons. The van der Waals surface area contributed by atoms with E-state index in [0.29, 0.717) is 5.52 Å². The van der Waals surface area contributed by atoms with E-state index < -0.39 is 11.9 Å². The molecule has 0 spiro atoms. The lowest BCUT2D eigenvalue weighted by Gasteiger charge is -1.97. The summed E-state index contributed by atoms with van der Waals surface area (Å²) in [7, 11) is 1.26. The Morgan fingerprint density at radius 2 is 2.27 bits per heavy atom. The minimum atomic E-state index is -0.572. The van der Waals surface area contributed by atoms with Gasteiger partial charge in [0.15, 0.2) is 5.69 Å². The molecule has 0 aliphatic rings. The lowest BCUT2D eigenvalue weighted by Crippen LogP contribution is -2.03. The fourth-order valence-electron chi connectivity index (χ4n) is 1.38. The molecule has 0 aromatic carbocycles. The minimum absolute atomic E-state index is 0.103.